The first-order chi connectivity index (χ1) is 6.93. The maximum atomic E-state index is 11.1. The minimum absolute atomic E-state index is 0.0425. The van der Waals surface area contributed by atoms with Crippen molar-refractivity contribution in [2.24, 2.45) is 5.73 Å². The molecule has 4 N–H and O–H groups in total. The molecule has 7 heteroatoms. The van der Waals surface area contributed by atoms with Gasteiger partial charge >= 0.3 is 11.9 Å². The lowest BCUT2D eigenvalue weighted by atomic mass is 10.2. The Morgan fingerprint density at radius 1 is 1.47 bits per heavy atom. The molecule has 0 bridgehead atoms. The summed E-state index contributed by atoms with van der Waals surface area (Å²) in [7, 11) is 0. The minimum atomic E-state index is -1.14. The number of esters is 1. The van der Waals surface area contributed by atoms with E-state index in [1.54, 1.807) is 0 Å². The van der Waals surface area contributed by atoms with E-state index in [4.69, 9.17) is 10.8 Å². The number of carbonyl (C=O) groups excluding carboxylic acids is 2. The summed E-state index contributed by atoms with van der Waals surface area (Å²) in [4.78, 5) is 31.6. The normalized spacial score (nSPS) is 11.6. The highest BCUT2D eigenvalue weighted by atomic mass is 16.5. The highest BCUT2D eigenvalue weighted by Gasteiger charge is 2.16. The first kappa shape index (κ1) is 13.4. The van der Waals surface area contributed by atoms with Crippen LogP contribution in [0, 0.1) is 0 Å². The van der Waals surface area contributed by atoms with Crippen molar-refractivity contribution in [1.29, 1.82) is 0 Å². The SMILES string of the molecule is CC(=O)OCCNC(=O)[C@H](N)CC(=O)O. The molecule has 15 heavy (non-hydrogen) atoms. The monoisotopic (exact) mass is 218 g/mol. The van der Waals surface area contributed by atoms with E-state index in [-0.39, 0.29) is 13.2 Å². The van der Waals surface area contributed by atoms with Crippen LogP contribution in [0.1, 0.15) is 13.3 Å². The van der Waals surface area contributed by atoms with Gasteiger partial charge in [-0.3, -0.25) is 14.4 Å². The van der Waals surface area contributed by atoms with Crippen molar-refractivity contribution in [1.82, 2.24) is 5.32 Å². The fourth-order valence-corrected chi connectivity index (χ4v) is 0.781. The number of carboxylic acid groups (broad SMARTS) is 1. The average Bonchev–Trinajstić information content (AvgIpc) is 2.10. The summed E-state index contributed by atoms with van der Waals surface area (Å²) in [5.74, 6) is -2.17. The molecule has 0 saturated heterocycles. The van der Waals surface area contributed by atoms with Crippen molar-refractivity contribution in [2.45, 2.75) is 19.4 Å². The van der Waals surface area contributed by atoms with Crippen LogP contribution in [0.25, 0.3) is 0 Å². The van der Waals surface area contributed by atoms with Crippen LogP contribution in [-0.4, -0.2) is 42.1 Å². The van der Waals surface area contributed by atoms with E-state index in [0.29, 0.717) is 0 Å². The molecule has 86 valence electrons. The van der Waals surface area contributed by atoms with Crippen LogP contribution < -0.4 is 11.1 Å². The maximum Gasteiger partial charge on any atom is 0.305 e. The van der Waals surface area contributed by atoms with Crippen LogP contribution in [0.3, 0.4) is 0 Å². The lowest BCUT2D eigenvalue weighted by molar-refractivity contribution is -0.141. The Bertz CT molecular complexity index is 253. The maximum absolute atomic E-state index is 11.1. The van der Waals surface area contributed by atoms with Crippen LogP contribution in [0.5, 0.6) is 0 Å². The molecule has 1 atom stereocenters. The van der Waals surface area contributed by atoms with Gasteiger partial charge in [0.05, 0.1) is 19.0 Å². The Hall–Kier alpha value is -1.63. The Morgan fingerprint density at radius 2 is 2.07 bits per heavy atom. The van der Waals surface area contributed by atoms with Gasteiger partial charge in [-0.15, -0.1) is 0 Å². The number of carboxylic acids is 1. The highest BCUT2D eigenvalue weighted by Crippen LogP contribution is 1.87. The van der Waals surface area contributed by atoms with Crippen LogP contribution in [0.2, 0.25) is 0 Å². The van der Waals surface area contributed by atoms with Crippen molar-refractivity contribution < 1.29 is 24.2 Å². The van der Waals surface area contributed by atoms with Crippen molar-refractivity contribution in [3.05, 3.63) is 0 Å². The predicted molar refractivity (Wildman–Crippen MR) is 49.9 cm³/mol. The molecule has 0 rings (SSSR count). The second-order valence-corrected chi connectivity index (χ2v) is 2.84. The molecule has 0 saturated carbocycles. The Kier molecular flexibility index (Phi) is 6.03. The Labute approximate surface area is 86.6 Å². The lowest BCUT2D eigenvalue weighted by Crippen LogP contribution is -2.43. The third-order valence-corrected chi connectivity index (χ3v) is 1.44. The van der Waals surface area contributed by atoms with Gasteiger partial charge in [-0.25, -0.2) is 0 Å². The molecule has 0 unspecified atom stereocenters. The molecule has 0 heterocycles. The van der Waals surface area contributed by atoms with Gasteiger partial charge < -0.3 is 20.9 Å². The largest absolute Gasteiger partial charge is 0.481 e. The zero-order valence-corrected chi connectivity index (χ0v) is 8.36. The lowest BCUT2D eigenvalue weighted by Gasteiger charge is -2.09. The second-order valence-electron chi connectivity index (χ2n) is 2.84. The molecular formula is C8H14N2O5. The van der Waals surface area contributed by atoms with Gasteiger partial charge in [0.25, 0.3) is 0 Å². The number of amides is 1. The van der Waals surface area contributed by atoms with Gasteiger partial charge in [0.15, 0.2) is 0 Å². The molecule has 0 aliphatic rings. The number of ether oxygens (including phenoxy) is 1. The van der Waals surface area contributed by atoms with Gasteiger partial charge in [0.2, 0.25) is 5.91 Å². The summed E-state index contributed by atoms with van der Waals surface area (Å²) in [5.41, 5.74) is 5.26. The first-order valence-electron chi connectivity index (χ1n) is 4.32. The van der Waals surface area contributed by atoms with Crippen LogP contribution in [-0.2, 0) is 19.1 Å². The van der Waals surface area contributed by atoms with Gasteiger partial charge in [-0.05, 0) is 0 Å². The fraction of sp³-hybridized carbons (Fsp3) is 0.625. The summed E-state index contributed by atoms with van der Waals surface area (Å²) in [6.45, 7) is 1.41. The van der Waals surface area contributed by atoms with Crippen molar-refractivity contribution >= 4 is 17.8 Å². The quantitative estimate of drug-likeness (QED) is 0.367. The van der Waals surface area contributed by atoms with Crippen LogP contribution in [0.4, 0.5) is 0 Å². The first-order valence-corrected chi connectivity index (χ1v) is 4.32. The highest BCUT2D eigenvalue weighted by molar-refractivity contribution is 5.85. The number of nitrogens with one attached hydrogen (secondary N) is 1. The number of aliphatic carboxylic acids is 1. The van der Waals surface area contributed by atoms with Gasteiger partial charge in [0.1, 0.15) is 6.61 Å². The number of carbonyl (C=O) groups is 3. The van der Waals surface area contributed by atoms with Crippen molar-refractivity contribution in [3.8, 4) is 0 Å². The topological polar surface area (TPSA) is 119 Å². The summed E-state index contributed by atoms with van der Waals surface area (Å²) in [6, 6.07) is -1.08. The van der Waals surface area contributed by atoms with E-state index < -0.39 is 30.3 Å². The molecule has 0 aromatic carbocycles. The Morgan fingerprint density at radius 3 is 2.53 bits per heavy atom. The van der Waals surface area contributed by atoms with Crippen molar-refractivity contribution in [2.75, 3.05) is 13.2 Å². The smallest absolute Gasteiger partial charge is 0.305 e. The average molecular weight is 218 g/mol. The predicted octanol–water partition coefficient (Wildman–Crippen LogP) is -1.53. The number of hydrogen-bond donors (Lipinski definition) is 3. The molecule has 0 radical (unpaired) electrons. The van der Waals surface area contributed by atoms with E-state index in [2.05, 4.69) is 10.1 Å². The Balaban J connectivity index is 3.64. The van der Waals surface area contributed by atoms with Crippen molar-refractivity contribution in [3.63, 3.8) is 0 Å². The van der Waals surface area contributed by atoms with Gasteiger partial charge in [-0.2, -0.15) is 0 Å². The summed E-state index contributed by atoms with van der Waals surface area (Å²) in [5, 5.41) is 10.7. The van der Waals surface area contributed by atoms with E-state index >= 15 is 0 Å². The molecule has 7 nitrogen and oxygen atoms in total. The van der Waals surface area contributed by atoms with E-state index in [0.717, 1.165) is 0 Å². The third-order valence-electron chi connectivity index (χ3n) is 1.44. The van der Waals surface area contributed by atoms with Gasteiger partial charge in [-0.1, -0.05) is 0 Å². The molecule has 0 spiro atoms. The zero-order chi connectivity index (χ0) is 11.8. The molecule has 0 aromatic rings. The fourth-order valence-electron chi connectivity index (χ4n) is 0.781. The number of hydrogen-bond acceptors (Lipinski definition) is 5. The summed E-state index contributed by atoms with van der Waals surface area (Å²) in [6.07, 6.45) is -0.431. The standard InChI is InChI=1S/C8H14N2O5/c1-5(11)15-3-2-10-8(14)6(9)4-7(12)13/h6H,2-4,9H2,1H3,(H,10,14)(H,12,13)/t6-/m1/s1. The molecule has 0 fully saturated rings. The number of nitrogens with two attached hydrogens (primary N) is 1. The van der Waals surface area contributed by atoms with E-state index in [1.165, 1.54) is 6.92 Å². The number of rotatable bonds is 6. The third kappa shape index (κ3) is 7.44. The van der Waals surface area contributed by atoms with Gasteiger partial charge in [0, 0.05) is 6.92 Å². The molecule has 0 aliphatic carbocycles. The molecule has 1 amide bonds. The zero-order valence-electron chi connectivity index (χ0n) is 8.36. The van der Waals surface area contributed by atoms with Crippen LogP contribution in [0.15, 0.2) is 0 Å². The van der Waals surface area contributed by atoms with Crippen LogP contribution >= 0.6 is 0 Å². The summed E-state index contributed by atoms with van der Waals surface area (Å²) < 4.78 is 4.54. The summed E-state index contributed by atoms with van der Waals surface area (Å²) >= 11 is 0. The second kappa shape index (κ2) is 6.77. The minimum Gasteiger partial charge on any atom is -0.481 e. The molecule has 0 aliphatic heterocycles. The molecule has 0 aromatic heterocycles. The van der Waals surface area contributed by atoms with E-state index in [1.807, 2.05) is 0 Å². The molecular weight excluding hydrogens is 204 g/mol. The van der Waals surface area contributed by atoms with E-state index in [9.17, 15) is 14.4 Å².